The number of carbonyl (C=O) groups excluding carboxylic acids is 1. The Morgan fingerprint density at radius 1 is 1.31 bits per heavy atom. The minimum atomic E-state index is 0.00152. The lowest BCUT2D eigenvalue weighted by atomic mass is 10.1. The zero-order chi connectivity index (χ0) is 11.9. The molecule has 0 N–H and O–H groups in total. The first kappa shape index (κ1) is 10.9. The highest BCUT2D eigenvalue weighted by Crippen LogP contribution is 2.25. The van der Waals surface area contributed by atoms with E-state index in [1.807, 2.05) is 25.1 Å². The second-order valence-electron chi connectivity index (χ2n) is 5.03. The van der Waals surface area contributed by atoms with Crippen molar-refractivity contribution in [2.24, 2.45) is 0 Å². The lowest BCUT2D eigenvalue weighted by molar-refractivity contribution is 0.112. The van der Waals surface area contributed by atoms with Crippen molar-refractivity contribution in [2.45, 2.75) is 33.2 Å². The summed E-state index contributed by atoms with van der Waals surface area (Å²) in [5.74, 6) is 0.977. The summed E-state index contributed by atoms with van der Waals surface area (Å²) in [6, 6.07) is 5.63. The molecule has 2 rings (SSSR count). The zero-order valence-electron chi connectivity index (χ0n) is 10.1. The molecule has 0 aliphatic carbocycles. The van der Waals surface area contributed by atoms with Crippen molar-refractivity contribution in [3.05, 3.63) is 29.6 Å². The summed E-state index contributed by atoms with van der Waals surface area (Å²) in [6.45, 7) is 8.43. The predicted molar refractivity (Wildman–Crippen MR) is 64.9 cm³/mol. The van der Waals surface area contributed by atoms with E-state index in [9.17, 15) is 4.79 Å². The monoisotopic (exact) mass is 216 g/mol. The number of aldehydes is 1. The largest absolute Gasteiger partial charge is 0.323 e. The molecule has 0 spiro atoms. The summed E-state index contributed by atoms with van der Waals surface area (Å²) in [5.41, 5.74) is 2.64. The lowest BCUT2D eigenvalue weighted by Crippen LogP contribution is -2.22. The van der Waals surface area contributed by atoms with Crippen LogP contribution in [0.1, 0.15) is 37.0 Å². The van der Waals surface area contributed by atoms with Crippen molar-refractivity contribution in [3.8, 4) is 0 Å². The Bertz CT molecular complexity index is 547. The topological polar surface area (TPSA) is 34.9 Å². The Morgan fingerprint density at radius 3 is 2.56 bits per heavy atom. The second kappa shape index (κ2) is 3.44. The maximum atomic E-state index is 10.7. The molecule has 0 fully saturated rings. The van der Waals surface area contributed by atoms with Gasteiger partial charge in [-0.15, -0.1) is 0 Å². The van der Waals surface area contributed by atoms with E-state index in [0.29, 0.717) is 5.56 Å². The first-order valence-electron chi connectivity index (χ1n) is 5.38. The molecule has 1 heterocycles. The van der Waals surface area contributed by atoms with Gasteiger partial charge in [0.15, 0.2) is 0 Å². The van der Waals surface area contributed by atoms with Gasteiger partial charge in [-0.25, -0.2) is 4.98 Å². The Morgan fingerprint density at radius 2 is 2.00 bits per heavy atom. The third-order valence-electron chi connectivity index (χ3n) is 2.65. The number of rotatable bonds is 1. The Kier molecular flexibility index (Phi) is 2.34. The molecule has 1 aromatic heterocycles. The van der Waals surface area contributed by atoms with Crippen LogP contribution < -0.4 is 0 Å². The molecule has 0 radical (unpaired) electrons. The molecular formula is C13H16N2O. The van der Waals surface area contributed by atoms with Crippen LogP contribution in [-0.2, 0) is 5.54 Å². The predicted octanol–water partition coefficient (Wildman–Crippen LogP) is 2.91. The van der Waals surface area contributed by atoms with Crippen LogP contribution in [0.3, 0.4) is 0 Å². The van der Waals surface area contributed by atoms with E-state index in [1.54, 1.807) is 0 Å². The van der Waals surface area contributed by atoms with Crippen molar-refractivity contribution >= 4 is 17.3 Å². The number of aromatic nitrogens is 2. The molecule has 3 heteroatoms. The highest BCUT2D eigenvalue weighted by atomic mass is 16.1. The van der Waals surface area contributed by atoms with Crippen molar-refractivity contribution in [3.63, 3.8) is 0 Å². The van der Waals surface area contributed by atoms with Crippen LogP contribution in [0.4, 0.5) is 0 Å². The number of hydrogen-bond acceptors (Lipinski definition) is 2. The molecule has 2 aromatic rings. The molecule has 0 aliphatic heterocycles. The number of carbonyl (C=O) groups is 1. The molecule has 0 atom stereocenters. The molecule has 0 aliphatic rings. The van der Waals surface area contributed by atoms with E-state index < -0.39 is 0 Å². The number of aryl methyl sites for hydroxylation is 1. The fourth-order valence-electron chi connectivity index (χ4n) is 2.14. The van der Waals surface area contributed by atoms with Gasteiger partial charge in [-0.1, -0.05) is 0 Å². The first-order valence-corrected chi connectivity index (χ1v) is 5.38. The van der Waals surface area contributed by atoms with Gasteiger partial charge in [-0.2, -0.15) is 0 Å². The molecule has 1 aromatic carbocycles. The Labute approximate surface area is 95.1 Å². The highest BCUT2D eigenvalue weighted by Gasteiger charge is 2.19. The van der Waals surface area contributed by atoms with Gasteiger partial charge < -0.3 is 4.57 Å². The van der Waals surface area contributed by atoms with E-state index in [-0.39, 0.29) is 5.54 Å². The van der Waals surface area contributed by atoms with Crippen LogP contribution in [0.15, 0.2) is 18.2 Å². The minimum absolute atomic E-state index is 0.00152. The molecule has 0 bridgehead atoms. The second-order valence-corrected chi connectivity index (χ2v) is 5.03. The molecular weight excluding hydrogens is 200 g/mol. The summed E-state index contributed by atoms with van der Waals surface area (Å²) in [5, 5.41) is 0. The van der Waals surface area contributed by atoms with Crippen molar-refractivity contribution in [2.75, 3.05) is 0 Å². The average Bonchev–Trinajstić information content (AvgIpc) is 2.51. The van der Waals surface area contributed by atoms with E-state index in [4.69, 9.17) is 0 Å². The summed E-state index contributed by atoms with van der Waals surface area (Å²) in [6.07, 6.45) is 0.852. The third-order valence-corrected chi connectivity index (χ3v) is 2.65. The quantitative estimate of drug-likeness (QED) is 0.687. The maximum absolute atomic E-state index is 10.7. The fourth-order valence-corrected chi connectivity index (χ4v) is 2.14. The maximum Gasteiger partial charge on any atom is 0.150 e. The van der Waals surface area contributed by atoms with E-state index in [2.05, 4.69) is 30.3 Å². The zero-order valence-corrected chi connectivity index (χ0v) is 10.1. The SMILES string of the molecule is Cc1nc2cc(C=O)ccc2n1C(C)(C)C. The number of imidazole rings is 1. The van der Waals surface area contributed by atoms with Gasteiger partial charge in [0.1, 0.15) is 12.1 Å². The van der Waals surface area contributed by atoms with E-state index in [0.717, 1.165) is 23.1 Å². The number of nitrogens with zero attached hydrogens (tertiary/aromatic N) is 2. The molecule has 84 valence electrons. The molecule has 3 nitrogen and oxygen atoms in total. The van der Waals surface area contributed by atoms with Crippen molar-refractivity contribution < 1.29 is 4.79 Å². The fraction of sp³-hybridized carbons (Fsp3) is 0.385. The molecule has 0 saturated carbocycles. The van der Waals surface area contributed by atoms with Crippen LogP contribution in [0.2, 0.25) is 0 Å². The summed E-state index contributed by atoms with van der Waals surface area (Å²) in [7, 11) is 0. The van der Waals surface area contributed by atoms with Gasteiger partial charge >= 0.3 is 0 Å². The Balaban J connectivity index is 2.77. The van der Waals surface area contributed by atoms with Crippen LogP contribution in [-0.4, -0.2) is 15.8 Å². The van der Waals surface area contributed by atoms with Crippen molar-refractivity contribution in [1.82, 2.24) is 9.55 Å². The summed E-state index contributed by atoms with van der Waals surface area (Å²) < 4.78 is 2.19. The van der Waals surface area contributed by atoms with Crippen LogP contribution in [0.25, 0.3) is 11.0 Å². The van der Waals surface area contributed by atoms with Crippen molar-refractivity contribution in [1.29, 1.82) is 0 Å². The van der Waals surface area contributed by atoms with Gasteiger partial charge in [0.05, 0.1) is 11.0 Å². The normalized spacial score (nSPS) is 12.0. The summed E-state index contributed by atoms with van der Waals surface area (Å²) >= 11 is 0. The standard InChI is InChI=1S/C13H16N2O/c1-9-14-11-7-10(8-16)5-6-12(11)15(9)13(2,3)4/h5-8H,1-4H3. The molecule has 0 unspecified atom stereocenters. The van der Waals surface area contributed by atoms with E-state index in [1.165, 1.54) is 0 Å². The van der Waals surface area contributed by atoms with Gasteiger partial charge in [0.2, 0.25) is 0 Å². The first-order chi connectivity index (χ1) is 7.43. The molecule has 0 amide bonds. The number of fused-ring (bicyclic) bond motifs is 1. The van der Waals surface area contributed by atoms with Crippen LogP contribution in [0, 0.1) is 6.92 Å². The summed E-state index contributed by atoms with van der Waals surface area (Å²) in [4.78, 5) is 15.2. The Hall–Kier alpha value is -1.64. The lowest BCUT2D eigenvalue weighted by Gasteiger charge is -2.23. The smallest absolute Gasteiger partial charge is 0.150 e. The van der Waals surface area contributed by atoms with E-state index >= 15 is 0 Å². The highest BCUT2D eigenvalue weighted by molar-refractivity contribution is 5.85. The van der Waals surface area contributed by atoms with Crippen LogP contribution in [0.5, 0.6) is 0 Å². The van der Waals surface area contributed by atoms with Gasteiger partial charge in [0.25, 0.3) is 0 Å². The van der Waals surface area contributed by atoms with Crippen LogP contribution >= 0.6 is 0 Å². The average molecular weight is 216 g/mol. The van der Waals surface area contributed by atoms with Gasteiger partial charge in [0, 0.05) is 11.1 Å². The number of benzene rings is 1. The van der Waals surface area contributed by atoms with Gasteiger partial charge in [-0.3, -0.25) is 4.79 Å². The molecule has 16 heavy (non-hydrogen) atoms. The third kappa shape index (κ3) is 1.62. The number of hydrogen-bond donors (Lipinski definition) is 0. The minimum Gasteiger partial charge on any atom is -0.323 e. The molecule has 0 saturated heterocycles. The van der Waals surface area contributed by atoms with Gasteiger partial charge in [-0.05, 0) is 45.9 Å².